The molecule has 2 aromatic rings. The number of benzene rings is 1. The second kappa shape index (κ2) is 4.24. The predicted octanol–water partition coefficient (Wildman–Crippen LogP) is 3.86. The number of hydrogen-bond acceptors (Lipinski definition) is 3. The van der Waals surface area contributed by atoms with Crippen molar-refractivity contribution in [2.24, 2.45) is 0 Å². The summed E-state index contributed by atoms with van der Waals surface area (Å²) in [6, 6.07) is 5.71. The van der Waals surface area contributed by atoms with E-state index in [2.05, 4.69) is 18.4 Å². The maximum absolute atomic E-state index is 9.74. The topological polar surface area (TPSA) is 20.2 Å². The minimum absolute atomic E-state index is 0.412. The summed E-state index contributed by atoms with van der Waals surface area (Å²) in [6.07, 6.45) is 0. The van der Waals surface area contributed by atoms with E-state index in [-0.39, 0.29) is 0 Å². The molecule has 0 aliphatic heterocycles. The van der Waals surface area contributed by atoms with E-state index in [9.17, 15) is 5.11 Å². The van der Waals surface area contributed by atoms with Gasteiger partial charge >= 0.3 is 0 Å². The predicted molar refractivity (Wildman–Crippen MR) is 65.3 cm³/mol. The fraction of sp³-hybridized carbons (Fsp3) is 0.273. The Bertz CT molecular complexity index is 434. The summed E-state index contributed by atoms with van der Waals surface area (Å²) >= 11 is 3.59. The van der Waals surface area contributed by atoms with E-state index in [1.54, 1.807) is 17.4 Å². The van der Waals surface area contributed by atoms with Crippen molar-refractivity contribution in [3.63, 3.8) is 0 Å². The van der Waals surface area contributed by atoms with Crippen molar-refractivity contribution in [3.05, 3.63) is 29.1 Å². The quantitative estimate of drug-likeness (QED) is 0.854. The standard InChI is InChI=1S/C11H12OS2/c1-2-13-6-8-7-14-10-5-3-4-9(12)11(8)10/h3-5,7,12H,2,6H2,1H3. The van der Waals surface area contributed by atoms with E-state index in [1.165, 1.54) is 10.3 Å². The molecule has 1 aromatic heterocycles. The molecule has 0 aliphatic rings. The summed E-state index contributed by atoms with van der Waals surface area (Å²) in [5.74, 6) is 2.52. The van der Waals surface area contributed by atoms with Crippen molar-refractivity contribution < 1.29 is 5.11 Å². The average Bonchev–Trinajstić information content (AvgIpc) is 2.59. The maximum Gasteiger partial charge on any atom is 0.124 e. The van der Waals surface area contributed by atoms with E-state index >= 15 is 0 Å². The zero-order chi connectivity index (χ0) is 9.97. The van der Waals surface area contributed by atoms with Gasteiger partial charge < -0.3 is 5.11 Å². The zero-order valence-corrected chi connectivity index (χ0v) is 9.62. The van der Waals surface area contributed by atoms with Crippen LogP contribution < -0.4 is 0 Å². The van der Waals surface area contributed by atoms with E-state index in [0.717, 1.165) is 16.9 Å². The van der Waals surface area contributed by atoms with Crippen LogP contribution in [0.3, 0.4) is 0 Å². The molecule has 0 atom stereocenters. The Balaban J connectivity index is 2.45. The number of thioether (sulfide) groups is 1. The van der Waals surface area contributed by atoms with Crippen LogP contribution in [-0.2, 0) is 5.75 Å². The molecule has 0 unspecified atom stereocenters. The van der Waals surface area contributed by atoms with Crippen LogP contribution >= 0.6 is 23.1 Å². The largest absolute Gasteiger partial charge is 0.507 e. The Hall–Kier alpha value is -0.670. The minimum Gasteiger partial charge on any atom is -0.507 e. The Morgan fingerprint density at radius 3 is 3.07 bits per heavy atom. The highest BCUT2D eigenvalue weighted by molar-refractivity contribution is 7.98. The summed E-state index contributed by atoms with van der Waals surface area (Å²) in [5, 5.41) is 12.9. The Labute approximate surface area is 91.8 Å². The smallest absolute Gasteiger partial charge is 0.124 e. The first-order valence-corrected chi connectivity index (χ1v) is 6.62. The molecule has 1 heterocycles. The molecule has 0 spiro atoms. The fourth-order valence-electron chi connectivity index (χ4n) is 1.45. The normalized spacial score (nSPS) is 10.9. The first-order valence-electron chi connectivity index (χ1n) is 4.58. The van der Waals surface area contributed by atoms with Gasteiger partial charge in [-0.25, -0.2) is 0 Å². The van der Waals surface area contributed by atoms with Gasteiger partial charge in [0.2, 0.25) is 0 Å². The van der Waals surface area contributed by atoms with Gasteiger partial charge in [-0.05, 0) is 28.8 Å². The molecule has 3 heteroatoms. The molecular formula is C11H12OS2. The minimum atomic E-state index is 0.412. The molecule has 1 aromatic carbocycles. The summed E-state index contributed by atoms with van der Waals surface area (Å²) in [7, 11) is 0. The molecule has 1 N–H and O–H groups in total. The number of phenols is 1. The highest BCUT2D eigenvalue weighted by atomic mass is 32.2. The van der Waals surface area contributed by atoms with Crippen molar-refractivity contribution in [1.82, 2.24) is 0 Å². The lowest BCUT2D eigenvalue weighted by atomic mass is 10.2. The third kappa shape index (κ3) is 1.74. The van der Waals surface area contributed by atoms with Crippen molar-refractivity contribution in [1.29, 1.82) is 0 Å². The maximum atomic E-state index is 9.74. The van der Waals surface area contributed by atoms with Gasteiger partial charge in [0.05, 0.1) is 0 Å². The third-order valence-electron chi connectivity index (χ3n) is 2.12. The van der Waals surface area contributed by atoms with E-state index in [1.807, 2.05) is 17.8 Å². The van der Waals surface area contributed by atoms with Gasteiger partial charge in [0.15, 0.2) is 0 Å². The Kier molecular flexibility index (Phi) is 2.99. The monoisotopic (exact) mass is 224 g/mol. The first-order chi connectivity index (χ1) is 6.83. The van der Waals surface area contributed by atoms with Gasteiger partial charge in [0.25, 0.3) is 0 Å². The Morgan fingerprint density at radius 1 is 1.43 bits per heavy atom. The van der Waals surface area contributed by atoms with Gasteiger partial charge in [-0.1, -0.05) is 13.0 Å². The summed E-state index contributed by atoms with van der Waals surface area (Å²) in [4.78, 5) is 0. The molecule has 0 saturated carbocycles. The highest BCUT2D eigenvalue weighted by Gasteiger charge is 2.07. The second-order valence-corrected chi connectivity index (χ2v) is 5.23. The van der Waals surface area contributed by atoms with Crippen molar-refractivity contribution >= 4 is 33.2 Å². The molecule has 0 aliphatic carbocycles. The zero-order valence-electron chi connectivity index (χ0n) is 7.99. The molecule has 14 heavy (non-hydrogen) atoms. The molecular weight excluding hydrogens is 212 g/mol. The van der Waals surface area contributed by atoms with Gasteiger partial charge in [0.1, 0.15) is 5.75 Å². The SMILES string of the molecule is CCSCc1csc2cccc(O)c12. The van der Waals surface area contributed by atoms with E-state index in [0.29, 0.717) is 5.75 Å². The highest BCUT2D eigenvalue weighted by Crippen LogP contribution is 2.34. The third-order valence-corrected chi connectivity index (χ3v) is 4.04. The van der Waals surface area contributed by atoms with Gasteiger partial charge in [0, 0.05) is 15.8 Å². The summed E-state index contributed by atoms with van der Waals surface area (Å²) in [6.45, 7) is 2.15. The molecule has 0 bridgehead atoms. The lowest BCUT2D eigenvalue weighted by molar-refractivity contribution is 0.481. The molecule has 1 nitrogen and oxygen atoms in total. The number of phenolic OH excluding ortho intramolecular Hbond substituents is 1. The number of fused-ring (bicyclic) bond motifs is 1. The molecule has 0 saturated heterocycles. The summed E-state index contributed by atoms with van der Waals surface area (Å²) in [5.41, 5.74) is 1.26. The first kappa shape index (κ1) is 9.87. The van der Waals surface area contributed by atoms with Crippen LogP contribution in [0.1, 0.15) is 12.5 Å². The lowest BCUT2D eigenvalue weighted by Crippen LogP contribution is -1.78. The second-order valence-electron chi connectivity index (χ2n) is 3.05. The number of rotatable bonds is 3. The summed E-state index contributed by atoms with van der Waals surface area (Å²) < 4.78 is 1.18. The molecule has 0 amide bonds. The van der Waals surface area contributed by atoms with Crippen LogP contribution in [0.5, 0.6) is 5.75 Å². The Morgan fingerprint density at radius 2 is 2.29 bits per heavy atom. The molecule has 2 rings (SSSR count). The van der Waals surface area contributed by atoms with Gasteiger partial charge in [-0.3, -0.25) is 0 Å². The van der Waals surface area contributed by atoms with Crippen molar-refractivity contribution in [2.75, 3.05) is 5.75 Å². The fourth-order valence-corrected chi connectivity index (χ4v) is 3.19. The number of thiophene rings is 1. The molecule has 0 radical (unpaired) electrons. The van der Waals surface area contributed by atoms with Crippen molar-refractivity contribution in [3.8, 4) is 5.75 Å². The van der Waals surface area contributed by atoms with Crippen LogP contribution in [-0.4, -0.2) is 10.9 Å². The van der Waals surface area contributed by atoms with Crippen LogP contribution in [0.2, 0.25) is 0 Å². The van der Waals surface area contributed by atoms with E-state index < -0.39 is 0 Å². The molecule has 74 valence electrons. The van der Waals surface area contributed by atoms with Crippen LogP contribution in [0.25, 0.3) is 10.1 Å². The lowest BCUT2D eigenvalue weighted by Gasteiger charge is -1.99. The van der Waals surface area contributed by atoms with E-state index in [4.69, 9.17) is 0 Å². The number of aromatic hydroxyl groups is 1. The molecule has 0 fully saturated rings. The van der Waals surface area contributed by atoms with Gasteiger partial charge in [-0.2, -0.15) is 11.8 Å². The number of hydrogen-bond donors (Lipinski definition) is 1. The van der Waals surface area contributed by atoms with Crippen molar-refractivity contribution in [2.45, 2.75) is 12.7 Å². The van der Waals surface area contributed by atoms with Crippen LogP contribution in [0, 0.1) is 0 Å². The van der Waals surface area contributed by atoms with Crippen LogP contribution in [0.4, 0.5) is 0 Å². The van der Waals surface area contributed by atoms with Gasteiger partial charge in [-0.15, -0.1) is 11.3 Å². The van der Waals surface area contributed by atoms with Crippen LogP contribution in [0.15, 0.2) is 23.6 Å². The average molecular weight is 224 g/mol.